The van der Waals surface area contributed by atoms with Crippen molar-refractivity contribution >= 4 is 11.9 Å². The van der Waals surface area contributed by atoms with Crippen LogP contribution in [0.5, 0.6) is 0 Å². The molecule has 1 aromatic heterocycles. The molecule has 1 aliphatic carbocycles. The van der Waals surface area contributed by atoms with E-state index < -0.39 is 12.0 Å². The van der Waals surface area contributed by atoms with Crippen LogP contribution in [-0.2, 0) is 9.53 Å². The number of hydrogen-bond acceptors (Lipinski definition) is 4. The van der Waals surface area contributed by atoms with E-state index in [1.165, 1.54) is 25.5 Å². The van der Waals surface area contributed by atoms with Crippen LogP contribution in [0.2, 0.25) is 0 Å². The van der Waals surface area contributed by atoms with Gasteiger partial charge in [-0.05, 0) is 44.2 Å². The lowest BCUT2D eigenvalue weighted by atomic mass is 10.0. The molecule has 5 heteroatoms. The number of amides is 1. The van der Waals surface area contributed by atoms with Crippen LogP contribution < -0.4 is 5.32 Å². The van der Waals surface area contributed by atoms with Crippen LogP contribution >= 0.6 is 0 Å². The molecule has 1 amide bonds. The fraction of sp³-hybridized carbons (Fsp3) is 0.471. The van der Waals surface area contributed by atoms with E-state index in [1.807, 2.05) is 0 Å². The molecular formula is C17H22N2O3. The van der Waals surface area contributed by atoms with Gasteiger partial charge in [-0.3, -0.25) is 9.78 Å². The fourth-order valence-electron chi connectivity index (χ4n) is 2.59. The highest BCUT2D eigenvalue weighted by Crippen LogP contribution is 2.21. The maximum Gasteiger partial charge on any atom is 0.328 e. The Morgan fingerprint density at radius 2 is 2.18 bits per heavy atom. The van der Waals surface area contributed by atoms with E-state index in [0.29, 0.717) is 12.1 Å². The second-order valence-electron chi connectivity index (χ2n) is 5.43. The topological polar surface area (TPSA) is 68.3 Å². The lowest BCUT2D eigenvalue weighted by Gasteiger charge is -2.17. The zero-order valence-electron chi connectivity index (χ0n) is 12.9. The summed E-state index contributed by atoms with van der Waals surface area (Å²) in [6.07, 6.45) is 9.80. The smallest absolute Gasteiger partial charge is 0.328 e. The lowest BCUT2D eigenvalue weighted by Crippen LogP contribution is -2.42. The molecule has 2 rings (SSSR count). The molecule has 0 radical (unpaired) electrons. The van der Waals surface area contributed by atoms with E-state index in [0.717, 1.165) is 19.3 Å². The number of hydrogen-bond donors (Lipinski definition) is 1. The number of ether oxygens (including phenoxy) is 1. The molecule has 0 unspecified atom stereocenters. The number of carbonyl (C=O) groups is 2. The maximum absolute atomic E-state index is 12.2. The summed E-state index contributed by atoms with van der Waals surface area (Å²) < 4.78 is 4.82. The molecule has 0 spiro atoms. The molecule has 0 saturated carbocycles. The predicted molar refractivity (Wildman–Crippen MR) is 83.3 cm³/mol. The summed E-state index contributed by atoms with van der Waals surface area (Å²) in [4.78, 5) is 28.1. The first kappa shape index (κ1) is 16.2. The predicted octanol–water partition coefficient (Wildman–Crippen LogP) is 2.63. The van der Waals surface area contributed by atoms with Crippen molar-refractivity contribution in [2.45, 2.75) is 44.6 Å². The summed E-state index contributed by atoms with van der Waals surface area (Å²) in [5.74, 6) is -0.778. The summed E-state index contributed by atoms with van der Waals surface area (Å²) in [6, 6.07) is 4.44. The van der Waals surface area contributed by atoms with Crippen molar-refractivity contribution in [2.75, 3.05) is 7.11 Å². The molecule has 0 aliphatic heterocycles. The Hall–Kier alpha value is -2.17. The molecule has 1 atom stereocenters. The monoisotopic (exact) mass is 302 g/mol. The Kier molecular flexibility index (Phi) is 6.13. The number of nitrogens with one attached hydrogen (secondary N) is 1. The molecule has 0 fully saturated rings. The van der Waals surface area contributed by atoms with Gasteiger partial charge in [-0.25, -0.2) is 4.79 Å². The average Bonchev–Trinajstić information content (AvgIpc) is 2.83. The van der Waals surface area contributed by atoms with Crippen LogP contribution in [0.4, 0.5) is 0 Å². The van der Waals surface area contributed by atoms with Crippen LogP contribution in [0.3, 0.4) is 0 Å². The summed E-state index contributed by atoms with van der Waals surface area (Å²) in [5, 5.41) is 2.73. The summed E-state index contributed by atoms with van der Waals surface area (Å²) in [6.45, 7) is 0. The number of nitrogens with zero attached hydrogens (tertiary/aromatic N) is 1. The molecule has 1 heterocycles. The first-order valence-corrected chi connectivity index (χ1v) is 7.68. The minimum atomic E-state index is -0.663. The SMILES string of the molecule is COC(=O)[C@@H](CC1=CCCCCC1)NC(=O)c1ccccn1. The standard InChI is InChI=1S/C17H22N2O3/c1-22-17(21)15(12-13-8-4-2-3-5-9-13)19-16(20)14-10-6-7-11-18-14/h6-8,10-11,15H,2-5,9,12H2,1H3,(H,19,20)/t15-/m1/s1. The van der Waals surface area contributed by atoms with Crippen LogP contribution in [0.15, 0.2) is 36.0 Å². The fourth-order valence-corrected chi connectivity index (χ4v) is 2.59. The van der Waals surface area contributed by atoms with E-state index in [2.05, 4.69) is 16.4 Å². The van der Waals surface area contributed by atoms with Crippen molar-refractivity contribution in [3.63, 3.8) is 0 Å². The van der Waals surface area contributed by atoms with E-state index in [4.69, 9.17) is 4.74 Å². The molecule has 22 heavy (non-hydrogen) atoms. The minimum absolute atomic E-state index is 0.297. The summed E-state index contributed by atoms with van der Waals surface area (Å²) in [7, 11) is 1.34. The zero-order chi connectivity index (χ0) is 15.8. The third-order valence-corrected chi connectivity index (χ3v) is 3.79. The van der Waals surface area contributed by atoms with Crippen molar-refractivity contribution in [3.8, 4) is 0 Å². The number of pyridine rings is 1. The molecule has 5 nitrogen and oxygen atoms in total. The molecule has 0 bridgehead atoms. The van der Waals surface area contributed by atoms with Crippen LogP contribution in [0, 0.1) is 0 Å². The normalized spacial score (nSPS) is 16.1. The van der Waals surface area contributed by atoms with Crippen molar-refractivity contribution < 1.29 is 14.3 Å². The Labute approximate surface area is 130 Å². The Morgan fingerprint density at radius 1 is 1.32 bits per heavy atom. The number of esters is 1. The van der Waals surface area contributed by atoms with Crippen molar-refractivity contribution in [2.24, 2.45) is 0 Å². The van der Waals surface area contributed by atoms with Gasteiger partial charge in [0, 0.05) is 6.20 Å². The van der Waals surface area contributed by atoms with Gasteiger partial charge in [0.2, 0.25) is 0 Å². The van der Waals surface area contributed by atoms with Gasteiger partial charge in [0.15, 0.2) is 0 Å². The van der Waals surface area contributed by atoms with Crippen LogP contribution in [0.25, 0.3) is 0 Å². The van der Waals surface area contributed by atoms with Gasteiger partial charge < -0.3 is 10.1 Å². The van der Waals surface area contributed by atoms with Gasteiger partial charge in [-0.2, -0.15) is 0 Å². The second kappa shape index (κ2) is 8.32. The number of aromatic nitrogens is 1. The van der Waals surface area contributed by atoms with Crippen LogP contribution in [0.1, 0.15) is 49.0 Å². The molecule has 1 aromatic rings. The minimum Gasteiger partial charge on any atom is -0.467 e. The number of rotatable bonds is 5. The Morgan fingerprint density at radius 3 is 2.91 bits per heavy atom. The Balaban J connectivity index is 2.04. The quantitative estimate of drug-likeness (QED) is 0.670. The van der Waals surface area contributed by atoms with Gasteiger partial charge in [0.1, 0.15) is 11.7 Å². The summed E-state index contributed by atoms with van der Waals surface area (Å²) >= 11 is 0. The van der Waals surface area contributed by atoms with Gasteiger partial charge in [-0.1, -0.05) is 24.1 Å². The van der Waals surface area contributed by atoms with Crippen molar-refractivity contribution in [3.05, 3.63) is 41.7 Å². The lowest BCUT2D eigenvalue weighted by molar-refractivity contribution is -0.142. The third-order valence-electron chi connectivity index (χ3n) is 3.79. The first-order valence-electron chi connectivity index (χ1n) is 7.68. The highest BCUT2D eigenvalue weighted by atomic mass is 16.5. The van der Waals surface area contributed by atoms with E-state index in [1.54, 1.807) is 24.4 Å². The summed E-state index contributed by atoms with van der Waals surface area (Å²) in [5.41, 5.74) is 1.51. The van der Waals surface area contributed by atoms with E-state index >= 15 is 0 Å². The third kappa shape index (κ3) is 4.69. The highest BCUT2D eigenvalue weighted by Gasteiger charge is 2.24. The van der Waals surface area contributed by atoms with E-state index in [9.17, 15) is 9.59 Å². The number of allylic oxidation sites excluding steroid dienone is 1. The van der Waals surface area contributed by atoms with Gasteiger partial charge >= 0.3 is 5.97 Å². The molecule has 0 aromatic carbocycles. The Bertz CT molecular complexity index is 540. The van der Waals surface area contributed by atoms with Crippen LogP contribution in [-0.4, -0.2) is 30.0 Å². The first-order chi connectivity index (χ1) is 10.7. The molecule has 1 N–H and O–H groups in total. The molecule has 118 valence electrons. The van der Waals surface area contributed by atoms with Gasteiger partial charge in [0.25, 0.3) is 5.91 Å². The van der Waals surface area contributed by atoms with E-state index in [-0.39, 0.29) is 5.91 Å². The number of carbonyl (C=O) groups excluding carboxylic acids is 2. The van der Waals surface area contributed by atoms with Gasteiger partial charge in [-0.15, -0.1) is 0 Å². The van der Waals surface area contributed by atoms with Gasteiger partial charge in [0.05, 0.1) is 7.11 Å². The average molecular weight is 302 g/mol. The van der Waals surface area contributed by atoms with Crippen molar-refractivity contribution in [1.29, 1.82) is 0 Å². The van der Waals surface area contributed by atoms with Crippen molar-refractivity contribution in [1.82, 2.24) is 10.3 Å². The maximum atomic E-state index is 12.2. The largest absolute Gasteiger partial charge is 0.467 e. The second-order valence-corrected chi connectivity index (χ2v) is 5.43. The molecule has 0 saturated heterocycles. The molecular weight excluding hydrogens is 280 g/mol. The number of methoxy groups -OCH3 is 1. The zero-order valence-corrected chi connectivity index (χ0v) is 12.9. The highest BCUT2D eigenvalue weighted by molar-refractivity contribution is 5.95. The molecule has 1 aliphatic rings.